The Balaban J connectivity index is 1.88. The molecule has 1 atom stereocenters. The largest absolute Gasteiger partial charge is 0.365 e. The molecule has 1 aliphatic heterocycles. The second-order valence-corrected chi connectivity index (χ2v) is 6.19. The number of anilines is 3. The summed E-state index contributed by atoms with van der Waals surface area (Å²) in [4.78, 5) is 32.5. The minimum absolute atomic E-state index is 0.0120. The van der Waals surface area contributed by atoms with Crippen molar-refractivity contribution in [3.63, 3.8) is 0 Å². The van der Waals surface area contributed by atoms with Crippen LogP contribution in [-0.4, -0.2) is 40.9 Å². The first-order valence-electron chi connectivity index (χ1n) is 8.44. The molecule has 0 unspecified atom stereocenters. The average molecular weight is 388 g/mol. The van der Waals surface area contributed by atoms with E-state index in [0.717, 1.165) is 12.1 Å². The van der Waals surface area contributed by atoms with E-state index in [1.54, 1.807) is 4.90 Å². The summed E-state index contributed by atoms with van der Waals surface area (Å²) in [6, 6.07) is 3.35. The number of rotatable bonds is 6. The number of aromatic nitrogens is 2. The lowest BCUT2D eigenvalue weighted by Gasteiger charge is -2.20. The number of nitrogens with one attached hydrogen (secondary N) is 2. The van der Waals surface area contributed by atoms with Crippen molar-refractivity contribution in [2.24, 2.45) is 5.73 Å². The van der Waals surface area contributed by atoms with Gasteiger partial charge in [0, 0.05) is 19.1 Å². The molecule has 8 nitrogen and oxygen atoms in total. The van der Waals surface area contributed by atoms with Gasteiger partial charge < -0.3 is 21.3 Å². The Hall–Kier alpha value is -3.56. The number of halogens is 2. The number of hydrogen-bond acceptors (Lipinski definition) is 6. The first-order valence-corrected chi connectivity index (χ1v) is 8.44. The molecule has 3 heterocycles. The van der Waals surface area contributed by atoms with Gasteiger partial charge in [0.15, 0.2) is 11.6 Å². The summed E-state index contributed by atoms with van der Waals surface area (Å²) in [7, 11) is 0. The fourth-order valence-electron chi connectivity index (χ4n) is 2.90. The summed E-state index contributed by atoms with van der Waals surface area (Å²) in [5.41, 5.74) is 5.53. The molecule has 0 aromatic carbocycles. The van der Waals surface area contributed by atoms with Crippen molar-refractivity contribution >= 4 is 29.1 Å². The highest BCUT2D eigenvalue weighted by atomic mass is 19.1. The Labute approximate surface area is 159 Å². The van der Waals surface area contributed by atoms with E-state index < -0.39 is 17.7 Å². The zero-order valence-electron chi connectivity index (χ0n) is 14.8. The van der Waals surface area contributed by atoms with E-state index in [0.29, 0.717) is 25.2 Å². The van der Waals surface area contributed by atoms with Gasteiger partial charge in [-0.1, -0.05) is 6.58 Å². The third kappa shape index (κ3) is 4.22. The number of primary amides is 1. The van der Waals surface area contributed by atoms with Crippen LogP contribution in [0.2, 0.25) is 0 Å². The average Bonchev–Trinajstić information content (AvgIpc) is 3.12. The lowest BCUT2D eigenvalue weighted by atomic mass is 10.2. The molecule has 0 spiro atoms. The van der Waals surface area contributed by atoms with Crippen molar-refractivity contribution in [3.8, 4) is 0 Å². The third-order valence-electron chi connectivity index (χ3n) is 4.23. The van der Waals surface area contributed by atoms with Crippen LogP contribution in [0, 0.1) is 11.8 Å². The van der Waals surface area contributed by atoms with Gasteiger partial charge in [-0.15, -0.1) is 0 Å². The summed E-state index contributed by atoms with van der Waals surface area (Å²) in [6.45, 7) is 4.20. The molecule has 146 valence electrons. The first-order chi connectivity index (χ1) is 13.4. The maximum Gasteiger partial charge on any atom is 0.252 e. The smallest absolute Gasteiger partial charge is 0.252 e. The summed E-state index contributed by atoms with van der Waals surface area (Å²) in [6.07, 6.45) is 2.98. The number of carbonyl (C=O) groups excluding carboxylic acids is 2. The maximum absolute atomic E-state index is 14.6. The fourth-order valence-corrected chi connectivity index (χ4v) is 2.90. The highest BCUT2D eigenvalue weighted by Gasteiger charge is 2.28. The number of nitrogens with two attached hydrogens (primary N) is 1. The molecule has 0 bridgehead atoms. The second-order valence-electron chi connectivity index (χ2n) is 6.19. The topological polar surface area (TPSA) is 113 Å². The SMILES string of the molecule is C=CC(=O)N[C@H]1CCN(c2nc(Nc3ccc(F)nc3)c(C(N)=O)cc2F)C1. The molecule has 1 aliphatic rings. The Kier molecular flexibility index (Phi) is 5.48. The molecule has 2 aromatic rings. The molecule has 2 amide bonds. The minimum Gasteiger partial charge on any atom is -0.365 e. The molecule has 4 N–H and O–H groups in total. The van der Waals surface area contributed by atoms with E-state index >= 15 is 0 Å². The van der Waals surface area contributed by atoms with E-state index in [1.807, 2.05) is 0 Å². The van der Waals surface area contributed by atoms with Crippen LogP contribution in [0.3, 0.4) is 0 Å². The quantitative estimate of drug-likeness (QED) is 0.510. The van der Waals surface area contributed by atoms with E-state index in [1.165, 1.54) is 18.3 Å². The predicted molar refractivity (Wildman–Crippen MR) is 99.1 cm³/mol. The summed E-state index contributed by atoms with van der Waals surface area (Å²) < 4.78 is 27.6. The van der Waals surface area contributed by atoms with E-state index in [2.05, 4.69) is 27.2 Å². The van der Waals surface area contributed by atoms with Crippen LogP contribution >= 0.6 is 0 Å². The van der Waals surface area contributed by atoms with Gasteiger partial charge in [0.2, 0.25) is 11.9 Å². The molecule has 1 fully saturated rings. The number of carbonyl (C=O) groups is 2. The highest BCUT2D eigenvalue weighted by Crippen LogP contribution is 2.28. The Morgan fingerprint density at radius 2 is 2.14 bits per heavy atom. The van der Waals surface area contributed by atoms with Gasteiger partial charge in [-0.2, -0.15) is 4.39 Å². The molecule has 3 rings (SSSR count). The van der Waals surface area contributed by atoms with Gasteiger partial charge >= 0.3 is 0 Å². The number of pyridine rings is 2. The molecule has 2 aromatic heterocycles. The third-order valence-corrected chi connectivity index (χ3v) is 4.23. The molecule has 0 aliphatic carbocycles. The van der Waals surface area contributed by atoms with Gasteiger partial charge in [-0.3, -0.25) is 9.59 Å². The number of hydrogen-bond donors (Lipinski definition) is 3. The van der Waals surface area contributed by atoms with Crippen molar-refractivity contribution in [3.05, 3.63) is 54.4 Å². The van der Waals surface area contributed by atoms with Crippen LogP contribution in [0.15, 0.2) is 37.1 Å². The summed E-state index contributed by atoms with van der Waals surface area (Å²) in [5, 5.41) is 5.56. The summed E-state index contributed by atoms with van der Waals surface area (Å²) >= 11 is 0. The molecular formula is C18H18F2N6O2. The first kappa shape index (κ1) is 19.2. The van der Waals surface area contributed by atoms with E-state index in [4.69, 9.17) is 5.73 Å². The van der Waals surface area contributed by atoms with Gasteiger partial charge in [-0.25, -0.2) is 14.4 Å². The zero-order chi connectivity index (χ0) is 20.3. The normalized spacial score (nSPS) is 15.9. The van der Waals surface area contributed by atoms with Crippen LogP contribution in [-0.2, 0) is 4.79 Å². The monoisotopic (exact) mass is 388 g/mol. The highest BCUT2D eigenvalue weighted by molar-refractivity contribution is 5.98. The van der Waals surface area contributed by atoms with E-state index in [9.17, 15) is 18.4 Å². The molecule has 10 heteroatoms. The Morgan fingerprint density at radius 3 is 2.79 bits per heavy atom. The predicted octanol–water partition coefficient (Wildman–Crippen LogP) is 1.48. The van der Waals surface area contributed by atoms with Gasteiger partial charge in [0.1, 0.15) is 5.82 Å². The van der Waals surface area contributed by atoms with Crippen LogP contribution < -0.4 is 21.3 Å². The van der Waals surface area contributed by atoms with Gasteiger partial charge in [-0.05, 0) is 30.7 Å². The van der Waals surface area contributed by atoms with Gasteiger partial charge in [0.05, 0.1) is 17.4 Å². The zero-order valence-corrected chi connectivity index (χ0v) is 14.8. The van der Waals surface area contributed by atoms with Crippen LogP contribution in [0.4, 0.5) is 26.1 Å². The number of nitrogens with zero attached hydrogens (tertiary/aromatic N) is 3. The maximum atomic E-state index is 14.6. The Morgan fingerprint density at radius 1 is 1.36 bits per heavy atom. The lowest BCUT2D eigenvalue weighted by molar-refractivity contribution is -0.117. The van der Waals surface area contributed by atoms with Gasteiger partial charge in [0.25, 0.3) is 5.91 Å². The van der Waals surface area contributed by atoms with Crippen LogP contribution in [0.5, 0.6) is 0 Å². The lowest BCUT2D eigenvalue weighted by Crippen LogP contribution is -2.36. The second kappa shape index (κ2) is 7.99. The van der Waals surface area contributed by atoms with Crippen molar-refractivity contribution in [2.45, 2.75) is 12.5 Å². The van der Waals surface area contributed by atoms with Crippen molar-refractivity contribution < 1.29 is 18.4 Å². The van der Waals surface area contributed by atoms with Crippen LogP contribution in [0.25, 0.3) is 0 Å². The molecule has 1 saturated heterocycles. The number of amides is 2. The standard InChI is InChI=1S/C18H18F2N6O2/c1-2-15(27)23-11-5-6-26(9-11)18-13(19)7-12(16(21)28)17(25-18)24-10-3-4-14(20)22-8-10/h2-4,7-8,11H,1,5-6,9H2,(H2,21,28)(H,23,27)(H,24,25)/t11-/m0/s1. The molecule has 0 radical (unpaired) electrons. The van der Waals surface area contributed by atoms with Crippen molar-refractivity contribution in [1.29, 1.82) is 0 Å². The fraction of sp³-hybridized carbons (Fsp3) is 0.222. The summed E-state index contributed by atoms with van der Waals surface area (Å²) in [5.74, 6) is -2.53. The molecule has 0 saturated carbocycles. The Bertz CT molecular complexity index is 919. The molecule has 28 heavy (non-hydrogen) atoms. The van der Waals surface area contributed by atoms with E-state index in [-0.39, 0.29) is 29.1 Å². The van der Waals surface area contributed by atoms with Crippen molar-refractivity contribution in [2.75, 3.05) is 23.3 Å². The van der Waals surface area contributed by atoms with Crippen molar-refractivity contribution in [1.82, 2.24) is 15.3 Å². The minimum atomic E-state index is -0.868. The van der Waals surface area contributed by atoms with Crippen LogP contribution in [0.1, 0.15) is 16.8 Å². The molecular weight excluding hydrogens is 370 g/mol.